The van der Waals surface area contributed by atoms with Gasteiger partial charge in [-0.3, -0.25) is 4.79 Å². The van der Waals surface area contributed by atoms with Gasteiger partial charge < -0.3 is 4.90 Å². The van der Waals surface area contributed by atoms with Crippen molar-refractivity contribution in [2.45, 2.75) is 103 Å². The predicted octanol–water partition coefficient (Wildman–Crippen LogP) is 8.48. The Morgan fingerprint density at radius 1 is 0.710 bits per heavy atom. The molecule has 1 amide bonds. The van der Waals surface area contributed by atoms with E-state index in [1.54, 1.807) is 0 Å². The number of hydrogen-bond donors (Lipinski definition) is 0. The lowest BCUT2D eigenvalue weighted by molar-refractivity contribution is -0.134. The van der Waals surface area contributed by atoms with E-state index < -0.39 is 0 Å². The van der Waals surface area contributed by atoms with Crippen LogP contribution >= 0.6 is 0 Å². The third kappa shape index (κ3) is 10.2. The van der Waals surface area contributed by atoms with Crippen LogP contribution in [0.4, 0.5) is 0 Å². The van der Waals surface area contributed by atoms with E-state index in [2.05, 4.69) is 67.3 Å². The van der Waals surface area contributed by atoms with Crippen LogP contribution in [0.3, 0.4) is 0 Å². The Hall–Kier alpha value is -2.09. The Morgan fingerprint density at radius 3 is 1.74 bits per heavy atom. The zero-order valence-corrected chi connectivity index (χ0v) is 19.9. The number of carbonyl (C=O) groups excluding carboxylic acids is 1. The van der Waals surface area contributed by atoms with Crippen LogP contribution in [0.2, 0.25) is 0 Å². The molecule has 170 valence electrons. The van der Waals surface area contributed by atoms with Crippen molar-refractivity contribution in [3.8, 4) is 0 Å². The Labute approximate surface area is 191 Å². The van der Waals surface area contributed by atoms with Gasteiger partial charge in [-0.05, 0) is 24.5 Å². The van der Waals surface area contributed by atoms with Crippen LogP contribution < -0.4 is 0 Å². The first-order valence-corrected chi connectivity index (χ1v) is 12.6. The molecule has 0 saturated carbocycles. The van der Waals surface area contributed by atoms with Gasteiger partial charge in [0.05, 0.1) is 6.04 Å². The first-order chi connectivity index (χ1) is 15.2. The highest BCUT2D eigenvalue weighted by Gasteiger charge is 2.21. The van der Waals surface area contributed by atoms with Crippen molar-refractivity contribution in [1.29, 1.82) is 0 Å². The van der Waals surface area contributed by atoms with Crippen molar-refractivity contribution >= 4 is 5.91 Å². The molecule has 0 heterocycles. The summed E-state index contributed by atoms with van der Waals surface area (Å²) in [5.41, 5.74) is 2.39. The summed E-state index contributed by atoms with van der Waals surface area (Å²) in [7, 11) is 0. The third-order valence-electron chi connectivity index (χ3n) is 6.26. The van der Waals surface area contributed by atoms with Crippen molar-refractivity contribution in [1.82, 2.24) is 4.90 Å². The summed E-state index contributed by atoms with van der Waals surface area (Å²) in [6.07, 6.45) is 15.0. The summed E-state index contributed by atoms with van der Waals surface area (Å²) >= 11 is 0. The molecule has 0 saturated heterocycles. The van der Waals surface area contributed by atoms with Gasteiger partial charge in [0.2, 0.25) is 5.91 Å². The van der Waals surface area contributed by atoms with Crippen molar-refractivity contribution in [3.63, 3.8) is 0 Å². The molecule has 0 unspecified atom stereocenters. The number of nitrogens with zero attached hydrogens (tertiary/aromatic N) is 1. The molecule has 2 aromatic rings. The zero-order valence-electron chi connectivity index (χ0n) is 19.9. The van der Waals surface area contributed by atoms with Crippen molar-refractivity contribution in [2.75, 3.05) is 0 Å². The monoisotopic (exact) mass is 421 g/mol. The molecule has 31 heavy (non-hydrogen) atoms. The second-order valence-corrected chi connectivity index (χ2v) is 8.88. The third-order valence-corrected chi connectivity index (χ3v) is 6.26. The van der Waals surface area contributed by atoms with Crippen LogP contribution in [0, 0.1) is 0 Å². The minimum atomic E-state index is 0.0848. The van der Waals surface area contributed by atoms with Crippen LogP contribution in [0.15, 0.2) is 60.7 Å². The van der Waals surface area contributed by atoms with Crippen molar-refractivity contribution in [2.24, 2.45) is 0 Å². The second-order valence-electron chi connectivity index (χ2n) is 8.88. The number of carbonyl (C=O) groups is 1. The van der Waals surface area contributed by atoms with Gasteiger partial charge in [-0.15, -0.1) is 0 Å². The summed E-state index contributed by atoms with van der Waals surface area (Å²) in [5, 5.41) is 0. The molecule has 0 aliphatic rings. The molecule has 0 radical (unpaired) electrons. The van der Waals surface area contributed by atoms with E-state index in [-0.39, 0.29) is 11.9 Å². The molecule has 0 aliphatic carbocycles. The summed E-state index contributed by atoms with van der Waals surface area (Å²) in [4.78, 5) is 15.2. The van der Waals surface area contributed by atoms with Gasteiger partial charge in [-0.1, -0.05) is 132 Å². The molecule has 0 spiro atoms. The van der Waals surface area contributed by atoms with Gasteiger partial charge in [0.25, 0.3) is 0 Å². The molecule has 2 rings (SSSR count). The molecule has 0 N–H and O–H groups in total. The van der Waals surface area contributed by atoms with Gasteiger partial charge >= 0.3 is 0 Å². The molecule has 0 aliphatic heterocycles. The number of amides is 1. The highest BCUT2D eigenvalue weighted by molar-refractivity contribution is 5.76. The van der Waals surface area contributed by atoms with Gasteiger partial charge in [-0.25, -0.2) is 0 Å². The quantitative estimate of drug-likeness (QED) is 0.249. The highest BCUT2D eigenvalue weighted by Crippen LogP contribution is 2.24. The second kappa shape index (κ2) is 15.7. The Morgan fingerprint density at radius 2 is 1.19 bits per heavy atom. The standard InChI is InChI=1S/C29H43NO/c1-3-4-5-6-7-8-9-10-11-12-19-24-29(31)30(25-27-20-15-13-16-21-27)26(2)28-22-17-14-18-23-28/h13-18,20-23,26H,3-12,19,24-25H2,1-2H3/t26-/m0/s1. The number of hydrogen-bond acceptors (Lipinski definition) is 1. The van der Waals surface area contributed by atoms with E-state index in [4.69, 9.17) is 0 Å². The van der Waals surface area contributed by atoms with E-state index in [1.165, 1.54) is 75.3 Å². The van der Waals surface area contributed by atoms with Crippen LogP contribution in [0.1, 0.15) is 108 Å². The maximum atomic E-state index is 13.1. The number of unbranched alkanes of at least 4 members (excludes halogenated alkanes) is 10. The fourth-order valence-corrected chi connectivity index (χ4v) is 4.22. The Bertz CT molecular complexity index is 697. The first kappa shape index (κ1) is 25.2. The molecule has 2 nitrogen and oxygen atoms in total. The molecule has 0 fully saturated rings. The molecular weight excluding hydrogens is 378 g/mol. The number of rotatable bonds is 16. The topological polar surface area (TPSA) is 20.3 Å². The van der Waals surface area contributed by atoms with Crippen LogP contribution in [-0.4, -0.2) is 10.8 Å². The van der Waals surface area contributed by atoms with Gasteiger partial charge in [0, 0.05) is 13.0 Å². The maximum Gasteiger partial charge on any atom is 0.223 e. The van der Waals surface area contributed by atoms with Crippen molar-refractivity contribution < 1.29 is 4.79 Å². The molecule has 2 heteroatoms. The first-order valence-electron chi connectivity index (χ1n) is 12.6. The number of benzene rings is 2. The van der Waals surface area contributed by atoms with E-state index in [9.17, 15) is 4.79 Å². The zero-order chi connectivity index (χ0) is 22.2. The molecule has 2 aromatic carbocycles. The Kier molecular flexibility index (Phi) is 12.7. The van der Waals surface area contributed by atoms with Crippen LogP contribution in [-0.2, 0) is 11.3 Å². The average Bonchev–Trinajstić information content (AvgIpc) is 2.81. The summed E-state index contributed by atoms with van der Waals surface area (Å²) < 4.78 is 0. The average molecular weight is 422 g/mol. The van der Waals surface area contributed by atoms with E-state index >= 15 is 0 Å². The fraction of sp³-hybridized carbons (Fsp3) is 0.552. The smallest absolute Gasteiger partial charge is 0.223 e. The molecular formula is C29H43NO. The van der Waals surface area contributed by atoms with Crippen LogP contribution in [0.5, 0.6) is 0 Å². The summed E-state index contributed by atoms with van der Waals surface area (Å²) in [6, 6.07) is 20.8. The normalized spacial score (nSPS) is 11.9. The van der Waals surface area contributed by atoms with Gasteiger partial charge in [0.1, 0.15) is 0 Å². The summed E-state index contributed by atoms with van der Waals surface area (Å²) in [6.45, 7) is 5.10. The lowest BCUT2D eigenvalue weighted by atomic mass is 10.0. The lowest BCUT2D eigenvalue weighted by Gasteiger charge is -2.30. The molecule has 0 bridgehead atoms. The van der Waals surface area contributed by atoms with Crippen LogP contribution in [0.25, 0.3) is 0 Å². The maximum absolute atomic E-state index is 13.1. The minimum absolute atomic E-state index is 0.0848. The molecule has 0 aromatic heterocycles. The minimum Gasteiger partial charge on any atom is -0.332 e. The van der Waals surface area contributed by atoms with Gasteiger partial charge in [-0.2, -0.15) is 0 Å². The van der Waals surface area contributed by atoms with E-state index in [0.717, 1.165) is 6.42 Å². The van der Waals surface area contributed by atoms with Crippen molar-refractivity contribution in [3.05, 3.63) is 71.8 Å². The van der Waals surface area contributed by atoms with E-state index in [0.29, 0.717) is 13.0 Å². The predicted molar refractivity (Wildman–Crippen MR) is 133 cm³/mol. The Balaban J connectivity index is 1.74. The van der Waals surface area contributed by atoms with E-state index in [1.807, 2.05) is 12.1 Å². The largest absolute Gasteiger partial charge is 0.332 e. The fourth-order valence-electron chi connectivity index (χ4n) is 4.22. The molecule has 1 atom stereocenters. The highest BCUT2D eigenvalue weighted by atomic mass is 16.2. The summed E-state index contributed by atoms with van der Waals surface area (Å²) in [5.74, 6) is 0.274. The lowest BCUT2D eigenvalue weighted by Crippen LogP contribution is -2.33. The SMILES string of the molecule is CCCCCCCCCCCCCC(=O)N(Cc1ccccc1)[C@@H](C)c1ccccc1. The van der Waals surface area contributed by atoms with Gasteiger partial charge in [0.15, 0.2) is 0 Å².